The third-order valence-electron chi connectivity index (χ3n) is 2.05. The molecule has 0 fully saturated rings. The monoisotopic (exact) mass is 254 g/mol. The van der Waals surface area contributed by atoms with Crippen molar-refractivity contribution in [2.24, 2.45) is 0 Å². The highest BCUT2D eigenvalue weighted by molar-refractivity contribution is 7.95. The summed E-state index contributed by atoms with van der Waals surface area (Å²) in [5.41, 5.74) is 0. The van der Waals surface area contributed by atoms with Crippen molar-refractivity contribution in [1.29, 1.82) is 0 Å². The zero-order chi connectivity index (χ0) is 10.7. The average Bonchev–Trinajstić information content (AvgIpc) is 2.30. The summed E-state index contributed by atoms with van der Waals surface area (Å²) in [6.45, 7) is 0. The SMILES string of the molecule is Clc1ccccc1P(Cl)c1ccccc1. The van der Waals surface area contributed by atoms with Crippen LogP contribution in [0, 0.1) is 0 Å². The Morgan fingerprint density at radius 1 is 0.800 bits per heavy atom. The first-order valence-electron chi connectivity index (χ1n) is 4.54. The van der Waals surface area contributed by atoms with Gasteiger partial charge in [-0.2, -0.15) is 0 Å². The number of hydrogen-bond acceptors (Lipinski definition) is 0. The van der Waals surface area contributed by atoms with Crippen molar-refractivity contribution < 1.29 is 0 Å². The maximum atomic E-state index is 6.42. The van der Waals surface area contributed by atoms with E-state index in [0.717, 1.165) is 15.6 Å². The summed E-state index contributed by atoms with van der Waals surface area (Å²) in [5, 5.41) is 2.88. The minimum Gasteiger partial charge on any atom is -0.0858 e. The number of hydrogen-bond donors (Lipinski definition) is 0. The molecule has 0 bridgehead atoms. The topological polar surface area (TPSA) is 0 Å². The highest BCUT2D eigenvalue weighted by Crippen LogP contribution is 2.40. The highest BCUT2D eigenvalue weighted by Gasteiger charge is 2.12. The van der Waals surface area contributed by atoms with E-state index in [9.17, 15) is 0 Å². The Balaban J connectivity index is 2.37. The second-order valence-electron chi connectivity index (χ2n) is 3.07. The molecule has 0 heterocycles. The summed E-state index contributed by atoms with van der Waals surface area (Å²) in [4.78, 5) is 0. The van der Waals surface area contributed by atoms with Gasteiger partial charge in [0, 0.05) is 10.3 Å². The standard InChI is InChI=1S/C12H9Cl2P/c13-11-8-4-5-9-12(11)15(14)10-6-2-1-3-7-10/h1-9H. The largest absolute Gasteiger partial charge is 0.0858 e. The second-order valence-corrected chi connectivity index (χ2v) is 6.05. The highest BCUT2D eigenvalue weighted by atomic mass is 35.7. The third-order valence-corrected chi connectivity index (χ3v) is 5.20. The minimum absolute atomic E-state index is 0.738. The average molecular weight is 255 g/mol. The summed E-state index contributed by atoms with van der Waals surface area (Å²) in [6, 6.07) is 17.7. The molecule has 0 amide bonds. The summed E-state index contributed by atoms with van der Waals surface area (Å²) in [5.74, 6) is 0. The Morgan fingerprint density at radius 2 is 1.40 bits per heavy atom. The van der Waals surface area contributed by atoms with Gasteiger partial charge in [0.1, 0.15) is 0 Å². The van der Waals surface area contributed by atoms with E-state index in [0.29, 0.717) is 0 Å². The molecule has 1 unspecified atom stereocenters. The zero-order valence-corrected chi connectivity index (χ0v) is 10.3. The van der Waals surface area contributed by atoms with E-state index >= 15 is 0 Å². The Labute approximate surface area is 100 Å². The molecule has 2 aromatic rings. The molecule has 0 saturated heterocycles. The number of benzene rings is 2. The van der Waals surface area contributed by atoms with Crippen LogP contribution in [-0.2, 0) is 0 Å². The molecule has 0 aliphatic rings. The van der Waals surface area contributed by atoms with Gasteiger partial charge >= 0.3 is 0 Å². The lowest BCUT2D eigenvalue weighted by Gasteiger charge is -2.11. The van der Waals surface area contributed by atoms with Gasteiger partial charge in [-0.25, -0.2) is 0 Å². The molecular formula is C12H9Cl2P. The molecule has 0 nitrogen and oxygen atoms in total. The molecule has 0 N–H and O–H groups in total. The van der Waals surface area contributed by atoms with Crippen LogP contribution in [0.3, 0.4) is 0 Å². The van der Waals surface area contributed by atoms with Crippen molar-refractivity contribution in [3.8, 4) is 0 Å². The lowest BCUT2D eigenvalue weighted by molar-refractivity contribution is 1.76. The lowest BCUT2D eigenvalue weighted by Crippen LogP contribution is -2.08. The maximum absolute atomic E-state index is 6.42. The zero-order valence-electron chi connectivity index (χ0n) is 7.90. The van der Waals surface area contributed by atoms with Gasteiger partial charge in [-0.15, -0.1) is 0 Å². The van der Waals surface area contributed by atoms with E-state index in [1.165, 1.54) is 0 Å². The van der Waals surface area contributed by atoms with E-state index < -0.39 is 7.27 Å². The molecule has 0 aliphatic carbocycles. The van der Waals surface area contributed by atoms with Gasteiger partial charge in [0.15, 0.2) is 0 Å². The van der Waals surface area contributed by atoms with Crippen LogP contribution in [0.4, 0.5) is 0 Å². The summed E-state index contributed by atoms with van der Waals surface area (Å²) in [6.07, 6.45) is 0. The fourth-order valence-corrected chi connectivity index (χ4v) is 3.80. The Morgan fingerprint density at radius 3 is 2.07 bits per heavy atom. The van der Waals surface area contributed by atoms with Gasteiger partial charge in [0.25, 0.3) is 0 Å². The molecule has 0 saturated carbocycles. The number of rotatable bonds is 2. The van der Waals surface area contributed by atoms with Crippen LogP contribution in [-0.4, -0.2) is 0 Å². The van der Waals surface area contributed by atoms with E-state index in [1.54, 1.807) is 0 Å². The fourth-order valence-electron chi connectivity index (χ4n) is 1.31. The molecule has 1 atom stereocenters. The molecule has 2 aromatic carbocycles. The van der Waals surface area contributed by atoms with Gasteiger partial charge in [-0.1, -0.05) is 71.4 Å². The first kappa shape index (κ1) is 11.0. The molecule has 2 rings (SSSR count). The van der Waals surface area contributed by atoms with Gasteiger partial charge in [0.05, 0.1) is 7.27 Å². The van der Waals surface area contributed by atoms with Gasteiger partial charge < -0.3 is 0 Å². The van der Waals surface area contributed by atoms with Crippen LogP contribution in [0.5, 0.6) is 0 Å². The minimum atomic E-state index is -0.851. The van der Waals surface area contributed by atoms with E-state index in [1.807, 2.05) is 54.6 Å². The first-order chi connectivity index (χ1) is 7.29. The second kappa shape index (κ2) is 4.99. The summed E-state index contributed by atoms with van der Waals surface area (Å²) < 4.78 is 0. The van der Waals surface area contributed by atoms with Crippen LogP contribution in [0.25, 0.3) is 0 Å². The predicted octanol–water partition coefficient (Wildman–Crippen LogP) is 3.93. The molecule has 15 heavy (non-hydrogen) atoms. The first-order valence-corrected chi connectivity index (χ1v) is 7.17. The van der Waals surface area contributed by atoms with Crippen LogP contribution >= 0.6 is 30.1 Å². The van der Waals surface area contributed by atoms with Crippen LogP contribution in [0.1, 0.15) is 0 Å². The van der Waals surface area contributed by atoms with Crippen molar-refractivity contribution in [3.63, 3.8) is 0 Å². The summed E-state index contributed by atoms with van der Waals surface area (Å²) >= 11 is 12.5. The molecule has 76 valence electrons. The van der Waals surface area contributed by atoms with E-state index in [-0.39, 0.29) is 0 Å². The Hall–Kier alpha value is -0.550. The van der Waals surface area contributed by atoms with Crippen LogP contribution in [0.2, 0.25) is 5.02 Å². The molecule has 0 aliphatic heterocycles. The van der Waals surface area contributed by atoms with Gasteiger partial charge in [-0.05, 0) is 11.4 Å². The summed E-state index contributed by atoms with van der Waals surface area (Å²) in [7, 11) is -0.851. The molecule has 0 spiro atoms. The van der Waals surface area contributed by atoms with Crippen LogP contribution < -0.4 is 10.6 Å². The van der Waals surface area contributed by atoms with E-state index in [4.69, 9.17) is 22.8 Å². The predicted molar refractivity (Wildman–Crippen MR) is 69.9 cm³/mol. The van der Waals surface area contributed by atoms with Crippen molar-refractivity contribution in [1.82, 2.24) is 0 Å². The number of halogens is 2. The fraction of sp³-hybridized carbons (Fsp3) is 0. The Kier molecular flexibility index (Phi) is 3.64. The lowest BCUT2D eigenvalue weighted by atomic mass is 10.4. The van der Waals surface area contributed by atoms with Crippen molar-refractivity contribution in [2.75, 3.05) is 0 Å². The quantitative estimate of drug-likeness (QED) is 0.713. The van der Waals surface area contributed by atoms with Gasteiger partial charge in [0.2, 0.25) is 0 Å². The van der Waals surface area contributed by atoms with Crippen molar-refractivity contribution in [2.45, 2.75) is 0 Å². The molecule has 0 aromatic heterocycles. The molecule has 0 radical (unpaired) electrons. The normalized spacial score (nSPS) is 12.4. The van der Waals surface area contributed by atoms with Crippen molar-refractivity contribution >= 4 is 40.7 Å². The molecular weight excluding hydrogens is 246 g/mol. The van der Waals surface area contributed by atoms with Crippen molar-refractivity contribution in [3.05, 3.63) is 59.6 Å². The maximum Gasteiger partial charge on any atom is 0.0539 e. The third kappa shape index (κ3) is 2.52. The smallest absolute Gasteiger partial charge is 0.0539 e. The molecule has 3 heteroatoms. The van der Waals surface area contributed by atoms with E-state index in [2.05, 4.69) is 0 Å². The van der Waals surface area contributed by atoms with Gasteiger partial charge in [-0.3, -0.25) is 0 Å². The van der Waals surface area contributed by atoms with Crippen LogP contribution in [0.15, 0.2) is 54.6 Å². The Bertz CT molecular complexity index is 442.